The number of hydrogen-bond donors (Lipinski definition) is 2. The summed E-state index contributed by atoms with van der Waals surface area (Å²) in [5.41, 5.74) is 11.9. The molecule has 0 bridgehead atoms. The number of rotatable bonds is 6. The molecule has 0 amide bonds. The second-order valence-corrected chi connectivity index (χ2v) is 8.28. The molecule has 4 nitrogen and oxygen atoms in total. The van der Waals surface area contributed by atoms with Crippen molar-refractivity contribution < 1.29 is 0 Å². The van der Waals surface area contributed by atoms with Gasteiger partial charge in [0.1, 0.15) is 6.17 Å². The maximum absolute atomic E-state index is 6.61. The van der Waals surface area contributed by atoms with Gasteiger partial charge in [-0.2, -0.15) is 0 Å². The number of nitrogens with two attached hydrogens (primary N) is 1. The molecule has 0 spiro atoms. The Morgan fingerprint density at radius 3 is 2.44 bits per heavy atom. The Bertz CT molecular complexity index is 650. The van der Waals surface area contributed by atoms with Gasteiger partial charge < -0.3 is 20.9 Å². The van der Waals surface area contributed by atoms with Crippen LogP contribution in [0.4, 0.5) is 5.69 Å². The van der Waals surface area contributed by atoms with Crippen molar-refractivity contribution >= 4 is 11.4 Å². The lowest BCUT2D eigenvalue weighted by atomic mass is 9.88. The fourth-order valence-electron chi connectivity index (χ4n) is 3.87. The monoisotopic (exact) mass is 372 g/mol. The van der Waals surface area contributed by atoms with E-state index in [1.807, 2.05) is 13.8 Å². The highest BCUT2D eigenvalue weighted by Gasteiger charge is 2.41. The molecule has 3 rings (SSSR count). The number of hydrogen-bond acceptors (Lipinski definition) is 4. The lowest BCUT2D eigenvalue weighted by molar-refractivity contribution is 0.182. The second-order valence-electron chi connectivity index (χ2n) is 8.28. The van der Waals surface area contributed by atoms with Crippen molar-refractivity contribution in [2.45, 2.75) is 79.6 Å². The van der Waals surface area contributed by atoms with Gasteiger partial charge in [0.2, 0.25) is 0 Å². The quantitative estimate of drug-likeness (QED) is 0.740. The molecule has 0 saturated carbocycles. The topological polar surface area (TPSA) is 44.5 Å². The minimum Gasteiger partial charge on any atom is -0.364 e. The van der Waals surface area contributed by atoms with Crippen LogP contribution in [-0.4, -0.2) is 30.8 Å². The number of benzene rings is 1. The summed E-state index contributed by atoms with van der Waals surface area (Å²) in [6.07, 6.45) is 5.01. The van der Waals surface area contributed by atoms with Gasteiger partial charge in [-0.3, -0.25) is 0 Å². The first-order valence-corrected chi connectivity index (χ1v) is 10.7. The summed E-state index contributed by atoms with van der Waals surface area (Å²) in [6, 6.07) is 8.66. The van der Waals surface area contributed by atoms with Gasteiger partial charge in [-0.1, -0.05) is 66.2 Å². The molecule has 1 aromatic rings. The molecular weight excluding hydrogens is 332 g/mol. The minimum atomic E-state index is -0.108. The molecule has 0 aromatic heterocycles. The van der Waals surface area contributed by atoms with Crippen molar-refractivity contribution in [3.63, 3.8) is 0 Å². The molecule has 2 aliphatic rings. The van der Waals surface area contributed by atoms with E-state index in [1.165, 1.54) is 41.9 Å². The molecule has 4 heteroatoms. The number of unbranched alkanes of at least 4 members (excludes halogenated alkanes) is 1. The average molecular weight is 373 g/mol. The van der Waals surface area contributed by atoms with Crippen molar-refractivity contribution in [2.24, 2.45) is 11.1 Å². The highest BCUT2D eigenvalue weighted by molar-refractivity contribution is 5.83. The van der Waals surface area contributed by atoms with Crippen LogP contribution in [0, 0.1) is 5.41 Å². The largest absolute Gasteiger partial charge is 0.364 e. The van der Waals surface area contributed by atoms with E-state index in [1.54, 1.807) is 0 Å². The van der Waals surface area contributed by atoms with Gasteiger partial charge in [-0.05, 0) is 30.7 Å². The fourth-order valence-corrected chi connectivity index (χ4v) is 3.87. The molecule has 0 radical (unpaired) electrons. The van der Waals surface area contributed by atoms with E-state index >= 15 is 0 Å². The summed E-state index contributed by atoms with van der Waals surface area (Å²) in [7, 11) is 2.09. The van der Waals surface area contributed by atoms with Crippen molar-refractivity contribution in [1.82, 2.24) is 10.2 Å². The van der Waals surface area contributed by atoms with Gasteiger partial charge in [0, 0.05) is 24.8 Å². The predicted octanol–water partition coefficient (Wildman–Crippen LogP) is 4.97. The van der Waals surface area contributed by atoms with Crippen LogP contribution in [0.2, 0.25) is 0 Å². The zero-order chi connectivity index (χ0) is 20.2. The fraction of sp³-hybridized carbons (Fsp3) is 0.652. The lowest BCUT2D eigenvalue weighted by Crippen LogP contribution is -2.47. The number of nitrogens with zero attached hydrogens (tertiary/aromatic N) is 2. The number of nitrogens with one attached hydrogen (secondary N) is 1. The van der Waals surface area contributed by atoms with E-state index in [0.29, 0.717) is 6.17 Å². The zero-order valence-corrected chi connectivity index (χ0v) is 18.5. The van der Waals surface area contributed by atoms with Gasteiger partial charge in [-0.25, -0.2) is 0 Å². The van der Waals surface area contributed by atoms with Crippen LogP contribution in [0.1, 0.15) is 72.8 Å². The Morgan fingerprint density at radius 1 is 1.15 bits per heavy atom. The first-order chi connectivity index (χ1) is 12.9. The highest BCUT2D eigenvalue weighted by Crippen LogP contribution is 2.43. The van der Waals surface area contributed by atoms with Crippen LogP contribution in [0.15, 0.2) is 30.0 Å². The predicted molar refractivity (Wildman–Crippen MR) is 118 cm³/mol. The van der Waals surface area contributed by atoms with Gasteiger partial charge in [0.15, 0.2) is 0 Å². The van der Waals surface area contributed by atoms with Crippen LogP contribution in [0.5, 0.6) is 0 Å². The molecule has 0 aliphatic carbocycles. The number of likely N-dealkylation sites (N-methyl/N-ethyl adjacent to an activating group) is 1. The van der Waals surface area contributed by atoms with E-state index in [-0.39, 0.29) is 11.6 Å². The molecule has 2 heterocycles. The van der Waals surface area contributed by atoms with E-state index in [4.69, 9.17) is 5.73 Å². The van der Waals surface area contributed by atoms with Crippen LogP contribution < -0.4 is 16.0 Å². The van der Waals surface area contributed by atoms with E-state index < -0.39 is 0 Å². The Kier molecular flexibility index (Phi) is 7.21. The lowest BCUT2D eigenvalue weighted by Gasteiger charge is -2.38. The highest BCUT2D eigenvalue weighted by atomic mass is 15.4. The van der Waals surface area contributed by atoms with E-state index in [2.05, 4.69) is 74.1 Å². The molecule has 27 heavy (non-hydrogen) atoms. The summed E-state index contributed by atoms with van der Waals surface area (Å²) >= 11 is 0. The Labute approximate surface area is 166 Å². The van der Waals surface area contributed by atoms with Crippen LogP contribution in [0.3, 0.4) is 0 Å². The van der Waals surface area contributed by atoms with Gasteiger partial charge in [0.25, 0.3) is 0 Å². The standard InChI is InChI=1S/C21H34N4.C2H6/c1-6-8-13-17-23-18-19(25(17)14-21(3,4)7-2)15-11-9-10-12-16(15)24(5)20(18)22;1-2/h9-12,17,20,23H,6-8,13-14,22H2,1-5H3;1-2H3. The summed E-state index contributed by atoms with van der Waals surface area (Å²) in [5.74, 6) is 0. The number of para-hydroxylation sites is 1. The maximum Gasteiger partial charge on any atom is 0.120 e. The number of fused-ring (bicyclic) bond motifs is 2. The molecule has 152 valence electrons. The van der Waals surface area contributed by atoms with Gasteiger partial charge in [0.05, 0.1) is 17.6 Å². The normalized spacial score (nSPS) is 21.3. The van der Waals surface area contributed by atoms with Crippen molar-refractivity contribution in [3.05, 3.63) is 35.5 Å². The number of anilines is 1. The van der Waals surface area contributed by atoms with Gasteiger partial charge in [-0.15, -0.1) is 0 Å². The van der Waals surface area contributed by atoms with Crippen LogP contribution in [0.25, 0.3) is 5.70 Å². The molecule has 2 aliphatic heterocycles. The zero-order valence-electron chi connectivity index (χ0n) is 18.5. The molecule has 2 atom stereocenters. The first-order valence-electron chi connectivity index (χ1n) is 10.7. The average Bonchev–Trinajstić information content (AvgIpc) is 3.04. The van der Waals surface area contributed by atoms with Crippen molar-refractivity contribution in [2.75, 3.05) is 18.5 Å². The van der Waals surface area contributed by atoms with Crippen LogP contribution >= 0.6 is 0 Å². The summed E-state index contributed by atoms with van der Waals surface area (Å²) in [5, 5.41) is 3.78. The molecule has 0 fully saturated rings. The molecule has 0 saturated heterocycles. The van der Waals surface area contributed by atoms with Crippen molar-refractivity contribution in [3.8, 4) is 0 Å². The van der Waals surface area contributed by atoms with Crippen LogP contribution in [-0.2, 0) is 0 Å². The Hall–Kier alpha value is -1.68. The maximum atomic E-state index is 6.61. The second kappa shape index (κ2) is 9.01. The van der Waals surface area contributed by atoms with E-state index in [9.17, 15) is 0 Å². The summed E-state index contributed by atoms with van der Waals surface area (Å²) < 4.78 is 0. The first kappa shape index (κ1) is 21.6. The smallest absolute Gasteiger partial charge is 0.120 e. The minimum absolute atomic E-state index is 0.108. The Balaban J connectivity index is 0.00000126. The summed E-state index contributed by atoms with van der Waals surface area (Å²) in [4.78, 5) is 4.78. The molecule has 3 N–H and O–H groups in total. The Morgan fingerprint density at radius 2 is 1.81 bits per heavy atom. The third-order valence-corrected chi connectivity index (χ3v) is 5.88. The third kappa shape index (κ3) is 4.26. The third-order valence-electron chi connectivity index (χ3n) is 5.88. The van der Waals surface area contributed by atoms with Gasteiger partial charge >= 0.3 is 0 Å². The SMILES string of the molecule is CC.CCCCC1NC2=C(c3ccccc3N(C)C2N)N1CC(C)(C)CC. The van der Waals surface area contributed by atoms with Crippen molar-refractivity contribution in [1.29, 1.82) is 0 Å². The summed E-state index contributed by atoms with van der Waals surface area (Å²) in [6.45, 7) is 14.3. The molecular formula is C23H40N4. The van der Waals surface area contributed by atoms with E-state index in [0.717, 1.165) is 13.0 Å². The molecule has 2 unspecified atom stereocenters. The molecule has 1 aromatic carbocycles.